The van der Waals surface area contributed by atoms with E-state index in [0.717, 1.165) is 0 Å². The van der Waals surface area contributed by atoms with Gasteiger partial charge in [0.05, 0.1) is 0 Å². The van der Waals surface area contributed by atoms with E-state index in [1.807, 2.05) is 0 Å². The van der Waals surface area contributed by atoms with Crippen molar-refractivity contribution in [2.45, 2.75) is 6.92 Å². The summed E-state index contributed by atoms with van der Waals surface area (Å²) in [5.74, 6) is -1.43. The van der Waals surface area contributed by atoms with Gasteiger partial charge in [-0.3, -0.25) is 4.79 Å². The van der Waals surface area contributed by atoms with Gasteiger partial charge in [0, 0.05) is 6.92 Å². The van der Waals surface area contributed by atoms with Gasteiger partial charge >= 0.3 is 5.97 Å². The molecule has 46 valence electrons. The fraction of sp³-hybridized carbons (Fsp3) is 0.500. The van der Waals surface area contributed by atoms with Crippen LogP contribution in [0.1, 0.15) is 6.92 Å². The lowest BCUT2D eigenvalue weighted by Gasteiger charge is -2.04. The van der Waals surface area contributed by atoms with Crippen LogP contribution >= 0.6 is 0 Å². The first-order valence-electron chi connectivity index (χ1n) is 2.00. The van der Waals surface area contributed by atoms with E-state index in [0.29, 0.717) is 0 Å². The Morgan fingerprint density at radius 2 is 2.38 bits per heavy atom. The van der Waals surface area contributed by atoms with Crippen molar-refractivity contribution in [3.63, 3.8) is 0 Å². The monoisotopic (exact) mass is 116 g/mol. The molecule has 0 saturated heterocycles. The van der Waals surface area contributed by atoms with Crippen LogP contribution in [0.4, 0.5) is 0 Å². The molecule has 0 atom stereocenters. The maximum atomic E-state index is 9.89. The quantitative estimate of drug-likeness (QED) is 0.282. The predicted octanol–water partition coefficient (Wildman–Crippen LogP) is -1.11. The SMILES string of the molecule is CC(=O)OCC(=N)[O-]. The van der Waals surface area contributed by atoms with Crippen molar-refractivity contribution in [2.75, 3.05) is 6.61 Å². The third kappa shape index (κ3) is 4.94. The summed E-state index contributed by atoms with van der Waals surface area (Å²) in [7, 11) is 0. The third-order valence-electron chi connectivity index (χ3n) is 0.407. The summed E-state index contributed by atoms with van der Waals surface area (Å²) in [4.78, 5) is 9.89. The number of nitrogens with one attached hydrogen (secondary N) is 1. The lowest BCUT2D eigenvalue weighted by Crippen LogP contribution is -2.23. The summed E-state index contributed by atoms with van der Waals surface area (Å²) in [6.45, 7) is 0.748. The highest BCUT2D eigenvalue weighted by Gasteiger charge is 1.87. The highest BCUT2D eigenvalue weighted by Crippen LogP contribution is 1.71. The first-order chi connectivity index (χ1) is 3.63. The van der Waals surface area contributed by atoms with E-state index in [1.54, 1.807) is 0 Å². The van der Waals surface area contributed by atoms with Gasteiger partial charge in [0.15, 0.2) is 0 Å². The van der Waals surface area contributed by atoms with Gasteiger partial charge in [-0.25, -0.2) is 0 Å². The molecule has 0 aromatic rings. The van der Waals surface area contributed by atoms with Gasteiger partial charge in [-0.2, -0.15) is 0 Å². The molecule has 0 bridgehead atoms. The lowest BCUT2D eigenvalue weighted by atomic mass is 10.7. The Hall–Kier alpha value is -1.06. The normalized spacial score (nSPS) is 8.12. The van der Waals surface area contributed by atoms with Crippen LogP contribution in [-0.4, -0.2) is 18.5 Å². The van der Waals surface area contributed by atoms with Gasteiger partial charge in [-0.1, -0.05) is 0 Å². The zero-order valence-electron chi connectivity index (χ0n) is 4.43. The maximum Gasteiger partial charge on any atom is 0.302 e. The van der Waals surface area contributed by atoms with E-state index in [1.165, 1.54) is 6.92 Å². The number of rotatable bonds is 2. The molecule has 4 heteroatoms. The first kappa shape index (κ1) is 6.94. The van der Waals surface area contributed by atoms with Crippen molar-refractivity contribution in [1.29, 1.82) is 5.41 Å². The van der Waals surface area contributed by atoms with Crippen LogP contribution in [0.15, 0.2) is 0 Å². The molecule has 0 amide bonds. The van der Waals surface area contributed by atoms with E-state index >= 15 is 0 Å². The number of carbonyl (C=O) groups excluding carboxylic acids is 1. The molecule has 0 fully saturated rings. The molecule has 4 nitrogen and oxygen atoms in total. The molecule has 0 saturated carbocycles. The molecule has 0 unspecified atom stereocenters. The molecule has 0 aliphatic rings. The van der Waals surface area contributed by atoms with E-state index in [2.05, 4.69) is 4.74 Å². The molecule has 0 aromatic heterocycles. The number of hydrogen-bond acceptors (Lipinski definition) is 4. The first-order valence-corrected chi connectivity index (χ1v) is 2.00. The number of esters is 1. The molecule has 0 aromatic carbocycles. The largest absolute Gasteiger partial charge is 0.860 e. The van der Waals surface area contributed by atoms with Crippen molar-refractivity contribution in [1.82, 2.24) is 0 Å². The van der Waals surface area contributed by atoms with Gasteiger partial charge in [-0.15, -0.1) is 0 Å². The molecular formula is C4H6NO3-. The van der Waals surface area contributed by atoms with Gasteiger partial charge in [-0.05, 0) is 5.90 Å². The van der Waals surface area contributed by atoms with Gasteiger partial charge in [0.25, 0.3) is 0 Å². The Morgan fingerprint density at radius 3 is 2.50 bits per heavy atom. The van der Waals surface area contributed by atoms with Crippen molar-refractivity contribution in [3.8, 4) is 0 Å². The number of carbonyl (C=O) groups is 1. The van der Waals surface area contributed by atoms with Crippen molar-refractivity contribution < 1.29 is 14.6 Å². The highest BCUT2D eigenvalue weighted by atomic mass is 16.5. The van der Waals surface area contributed by atoms with Crippen molar-refractivity contribution in [3.05, 3.63) is 0 Å². The zero-order chi connectivity index (χ0) is 6.57. The van der Waals surface area contributed by atoms with Crippen LogP contribution < -0.4 is 5.11 Å². The van der Waals surface area contributed by atoms with Crippen LogP contribution in [0, 0.1) is 5.41 Å². The van der Waals surface area contributed by atoms with Crippen LogP contribution in [0.5, 0.6) is 0 Å². The topological polar surface area (TPSA) is 73.2 Å². The Bertz CT molecular complexity index is 95.9. The minimum atomic E-state index is -0.889. The molecule has 0 heterocycles. The molecule has 0 radical (unpaired) electrons. The summed E-state index contributed by atoms with van der Waals surface area (Å²) in [6.07, 6.45) is 0. The summed E-state index contributed by atoms with van der Waals surface area (Å²) in [6, 6.07) is 0. The predicted molar refractivity (Wildman–Crippen MR) is 24.4 cm³/mol. The van der Waals surface area contributed by atoms with Gasteiger partial charge in [0.1, 0.15) is 6.61 Å². The molecule has 1 N–H and O–H groups in total. The lowest BCUT2D eigenvalue weighted by molar-refractivity contribution is -0.225. The molecule has 0 aliphatic heterocycles. The summed E-state index contributed by atoms with van der Waals surface area (Å²) < 4.78 is 4.13. The Balaban J connectivity index is 3.18. The van der Waals surface area contributed by atoms with Crippen molar-refractivity contribution in [2.24, 2.45) is 0 Å². The van der Waals surface area contributed by atoms with E-state index < -0.39 is 18.5 Å². The van der Waals surface area contributed by atoms with Gasteiger partial charge in [0.2, 0.25) is 0 Å². The van der Waals surface area contributed by atoms with Crippen LogP contribution in [0.3, 0.4) is 0 Å². The summed E-state index contributed by atoms with van der Waals surface area (Å²) in [5.41, 5.74) is 0. The van der Waals surface area contributed by atoms with Crippen LogP contribution in [0.25, 0.3) is 0 Å². The fourth-order valence-corrected chi connectivity index (χ4v) is 0.167. The fourth-order valence-electron chi connectivity index (χ4n) is 0.167. The molecule has 0 aliphatic carbocycles. The smallest absolute Gasteiger partial charge is 0.302 e. The minimum Gasteiger partial charge on any atom is -0.860 e. The molecule has 8 heavy (non-hydrogen) atoms. The van der Waals surface area contributed by atoms with E-state index in [9.17, 15) is 9.90 Å². The van der Waals surface area contributed by atoms with Crippen molar-refractivity contribution >= 4 is 11.9 Å². The maximum absolute atomic E-state index is 9.89. The summed E-state index contributed by atoms with van der Waals surface area (Å²) in [5, 5.41) is 16.0. The highest BCUT2D eigenvalue weighted by molar-refractivity contribution is 5.73. The standard InChI is InChI=1S/C4H7NO3/c1-3(6)8-2-4(5)7/h2H2,1H3,(H2,5,7)/p-1. The summed E-state index contributed by atoms with van der Waals surface area (Å²) >= 11 is 0. The molecule has 0 rings (SSSR count). The van der Waals surface area contributed by atoms with Crippen LogP contribution in [-0.2, 0) is 9.53 Å². The Labute approximate surface area is 46.6 Å². The second-order valence-corrected chi connectivity index (χ2v) is 1.20. The molecular weight excluding hydrogens is 110 g/mol. The second-order valence-electron chi connectivity index (χ2n) is 1.20. The molecule has 0 spiro atoms. The third-order valence-corrected chi connectivity index (χ3v) is 0.407. The van der Waals surface area contributed by atoms with E-state index in [-0.39, 0.29) is 0 Å². The minimum absolute atomic E-state index is 0.435. The number of ether oxygens (including phenoxy) is 1. The van der Waals surface area contributed by atoms with Crippen LogP contribution in [0.2, 0.25) is 0 Å². The Morgan fingerprint density at radius 1 is 1.88 bits per heavy atom. The zero-order valence-corrected chi connectivity index (χ0v) is 4.43. The van der Waals surface area contributed by atoms with E-state index in [4.69, 9.17) is 5.41 Å². The average Bonchev–Trinajstić information content (AvgIpc) is 1.61. The Kier molecular flexibility index (Phi) is 2.61. The second kappa shape index (κ2) is 3.01. The average molecular weight is 116 g/mol. The number of hydrogen-bond donors (Lipinski definition) is 1. The van der Waals surface area contributed by atoms with Gasteiger partial charge < -0.3 is 15.3 Å².